The van der Waals surface area contributed by atoms with Crippen LogP contribution in [-0.4, -0.2) is 24.5 Å². The Morgan fingerprint density at radius 1 is 1.00 bits per heavy atom. The highest BCUT2D eigenvalue weighted by molar-refractivity contribution is 6.44. The van der Waals surface area contributed by atoms with E-state index in [1.54, 1.807) is 18.6 Å². The van der Waals surface area contributed by atoms with Crippen molar-refractivity contribution in [1.82, 2.24) is 9.97 Å². The van der Waals surface area contributed by atoms with E-state index in [9.17, 15) is 0 Å². The van der Waals surface area contributed by atoms with Crippen LogP contribution in [0.4, 0.5) is 0 Å². The van der Waals surface area contributed by atoms with E-state index in [0.717, 1.165) is 16.4 Å². The summed E-state index contributed by atoms with van der Waals surface area (Å²) >= 11 is 0. The van der Waals surface area contributed by atoms with E-state index in [-0.39, 0.29) is 0 Å². The van der Waals surface area contributed by atoms with Gasteiger partial charge in [-0.15, -0.1) is 0 Å². The molecule has 1 N–H and O–H groups in total. The first-order chi connectivity index (χ1) is 6.90. The zero-order valence-electron chi connectivity index (χ0n) is 7.59. The zero-order chi connectivity index (χ0) is 9.80. The van der Waals surface area contributed by atoms with Crippen LogP contribution in [0.1, 0.15) is 0 Å². The van der Waals surface area contributed by atoms with E-state index < -0.39 is 9.76 Å². The van der Waals surface area contributed by atoms with Gasteiger partial charge in [0.25, 0.3) is 0 Å². The molecule has 0 saturated carbocycles. The van der Waals surface area contributed by atoms with Crippen molar-refractivity contribution in [2.24, 2.45) is 0 Å². The van der Waals surface area contributed by atoms with Crippen molar-refractivity contribution in [3.63, 3.8) is 0 Å². The van der Waals surface area contributed by atoms with Gasteiger partial charge >= 0.3 is 0 Å². The number of hydrogen-bond donors (Lipinski definition) is 1. The first-order valence-electron chi connectivity index (χ1n) is 4.36. The number of rotatable bonds is 2. The fourth-order valence-electron chi connectivity index (χ4n) is 1.29. The standard InChI is InChI=1S/C10H10N2OSi/c13-14-10-7-9(3-6-12-10)8-1-4-11-5-2-8/h1-7,13H,14H2. The second-order valence-electron chi connectivity index (χ2n) is 2.93. The molecule has 70 valence electrons. The molecule has 0 aromatic carbocycles. The molecule has 0 aliphatic heterocycles. The normalized spacial score (nSPS) is 10.9. The molecule has 2 rings (SSSR count). The monoisotopic (exact) mass is 202 g/mol. The fourth-order valence-corrected chi connectivity index (χ4v) is 1.79. The van der Waals surface area contributed by atoms with Crippen LogP contribution in [0.5, 0.6) is 0 Å². The molecule has 4 heteroatoms. The summed E-state index contributed by atoms with van der Waals surface area (Å²) in [5, 5.41) is 0.819. The molecular formula is C10H10N2OSi. The van der Waals surface area contributed by atoms with E-state index in [4.69, 9.17) is 4.80 Å². The molecule has 14 heavy (non-hydrogen) atoms. The lowest BCUT2D eigenvalue weighted by Crippen LogP contribution is -2.17. The maximum absolute atomic E-state index is 9.07. The Hall–Kier alpha value is -1.52. The van der Waals surface area contributed by atoms with Crippen LogP contribution in [0.3, 0.4) is 0 Å². The van der Waals surface area contributed by atoms with Crippen molar-refractivity contribution in [2.75, 3.05) is 0 Å². The van der Waals surface area contributed by atoms with Crippen molar-refractivity contribution in [2.45, 2.75) is 0 Å². The van der Waals surface area contributed by atoms with Gasteiger partial charge in [0, 0.05) is 23.9 Å². The van der Waals surface area contributed by atoms with Gasteiger partial charge in [0.1, 0.15) is 0 Å². The highest BCUT2D eigenvalue weighted by Crippen LogP contribution is 2.15. The van der Waals surface area contributed by atoms with Gasteiger partial charge < -0.3 is 4.80 Å². The first-order valence-corrected chi connectivity index (χ1v) is 5.70. The van der Waals surface area contributed by atoms with Crippen molar-refractivity contribution in [3.05, 3.63) is 42.9 Å². The third-order valence-corrected chi connectivity index (χ3v) is 2.70. The number of hydrogen-bond acceptors (Lipinski definition) is 3. The molecule has 0 fully saturated rings. The SMILES string of the molecule is O[SiH2]c1cc(-c2ccncc2)ccn1. The largest absolute Gasteiger partial charge is 0.432 e. The Morgan fingerprint density at radius 3 is 2.43 bits per heavy atom. The quantitative estimate of drug-likeness (QED) is 0.689. The minimum Gasteiger partial charge on any atom is -0.432 e. The highest BCUT2D eigenvalue weighted by atomic mass is 28.2. The molecule has 0 aliphatic rings. The third-order valence-electron chi connectivity index (χ3n) is 1.99. The van der Waals surface area contributed by atoms with Gasteiger partial charge in [-0.1, -0.05) is 0 Å². The molecule has 0 atom stereocenters. The lowest BCUT2D eigenvalue weighted by atomic mass is 10.1. The first kappa shape index (κ1) is 9.05. The average Bonchev–Trinajstić information content (AvgIpc) is 2.30. The summed E-state index contributed by atoms with van der Waals surface area (Å²) in [6.07, 6.45) is 5.24. The summed E-state index contributed by atoms with van der Waals surface area (Å²) in [4.78, 5) is 17.1. The Bertz CT molecular complexity index is 419. The van der Waals surface area contributed by atoms with Crippen molar-refractivity contribution in [3.8, 4) is 11.1 Å². The van der Waals surface area contributed by atoms with Gasteiger partial charge in [0.15, 0.2) is 0 Å². The predicted octanol–water partition coefficient (Wildman–Crippen LogP) is -0.155. The van der Waals surface area contributed by atoms with Crippen LogP contribution < -0.4 is 5.32 Å². The number of aromatic nitrogens is 2. The van der Waals surface area contributed by atoms with Crippen LogP contribution in [0.25, 0.3) is 11.1 Å². The zero-order valence-corrected chi connectivity index (χ0v) is 9.00. The lowest BCUT2D eigenvalue weighted by Gasteiger charge is -2.01. The fraction of sp³-hybridized carbons (Fsp3) is 0. The number of pyridine rings is 2. The van der Waals surface area contributed by atoms with Gasteiger partial charge in [0.05, 0.1) is 0 Å². The molecule has 2 aromatic heterocycles. The van der Waals surface area contributed by atoms with Gasteiger partial charge in [-0.2, -0.15) is 0 Å². The van der Waals surface area contributed by atoms with Crippen LogP contribution in [0.2, 0.25) is 0 Å². The molecule has 3 nitrogen and oxygen atoms in total. The Kier molecular flexibility index (Phi) is 2.67. The average molecular weight is 202 g/mol. The van der Waals surface area contributed by atoms with Crippen LogP contribution in [-0.2, 0) is 0 Å². The summed E-state index contributed by atoms with van der Waals surface area (Å²) in [6.45, 7) is 0. The summed E-state index contributed by atoms with van der Waals surface area (Å²) in [5.41, 5.74) is 2.19. The van der Waals surface area contributed by atoms with Crippen LogP contribution in [0, 0.1) is 0 Å². The maximum Gasteiger partial charge on any atom is 0.208 e. The predicted molar refractivity (Wildman–Crippen MR) is 57.9 cm³/mol. The second-order valence-corrected chi connectivity index (χ2v) is 3.97. The third kappa shape index (κ3) is 1.86. The van der Waals surface area contributed by atoms with E-state index in [1.165, 1.54) is 0 Å². The molecular weight excluding hydrogens is 192 g/mol. The summed E-state index contributed by atoms with van der Waals surface area (Å²) in [7, 11) is -1.16. The molecule has 2 aromatic rings. The molecule has 2 heterocycles. The number of nitrogens with zero attached hydrogens (tertiary/aromatic N) is 2. The Morgan fingerprint density at radius 2 is 1.71 bits per heavy atom. The minimum absolute atomic E-state index is 0.819. The maximum atomic E-state index is 9.07. The van der Waals surface area contributed by atoms with E-state index in [1.807, 2.05) is 24.3 Å². The van der Waals surface area contributed by atoms with E-state index >= 15 is 0 Å². The van der Waals surface area contributed by atoms with Crippen LogP contribution in [0.15, 0.2) is 42.9 Å². The topological polar surface area (TPSA) is 46.0 Å². The minimum atomic E-state index is -1.16. The Balaban J connectivity index is 2.42. The Labute approximate surface area is 84.4 Å². The van der Waals surface area contributed by atoms with Gasteiger partial charge in [-0.25, -0.2) is 0 Å². The van der Waals surface area contributed by atoms with Gasteiger partial charge in [-0.05, 0) is 35.4 Å². The van der Waals surface area contributed by atoms with Gasteiger partial charge in [-0.3, -0.25) is 9.97 Å². The van der Waals surface area contributed by atoms with E-state index in [0.29, 0.717) is 0 Å². The van der Waals surface area contributed by atoms with E-state index in [2.05, 4.69) is 9.97 Å². The molecule has 0 saturated heterocycles. The molecule has 0 spiro atoms. The van der Waals surface area contributed by atoms with Crippen molar-refractivity contribution >= 4 is 15.1 Å². The van der Waals surface area contributed by atoms with Gasteiger partial charge in [0.2, 0.25) is 9.76 Å². The smallest absolute Gasteiger partial charge is 0.208 e. The summed E-state index contributed by atoms with van der Waals surface area (Å²) in [6, 6.07) is 7.75. The van der Waals surface area contributed by atoms with Crippen molar-refractivity contribution in [1.29, 1.82) is 0 Å². The van der Waals surface area contributed by atoms with Crippen LogP contribution >= 0.6 is 0 Å². The lowest BCUT2D eigenvalue weighted by molar-refractivity contribution is 0.614. The summed E-state index contributed by atoms with van der Waals surface area (Å²) in [5.74, 6) is 0. The van der Waals surface area contributed by atoms with Crippen molar-refractivity contribution < 1.29 is 4.80 Å². The molecule has 0 amide bonds. The summed E-state index contributed by atoms with van der Waals surface area (Å²) < 4.78 is 0. The molecule has 0 bridgehead atoms. The molecule has 0 unspecified atom stereocenters. The molecule has 0 radical (unpaired) electrons. The molecule has 0 aliphatic carbocycles. The highest BCUT2D eigenvalue weighted by Gasteiger charge is 1.98. The second kappa shape index (κ2) is 4.12.